The summed E-state index contributed by atoms with van der Waals surface area (Å²) in [4.78, 5) is 53.9. The molecular formula is C37H28O11. The minimum absolute atomic E-state index is 0.00418. The molecule has 2 aliphatic carbocycles. The average molecular weight is 649 g/mol. The zero-order valence-corrected chi connectivity index (χ0v) is 26.1. The highest BCUT2D eigenvalue weighted by atomic mass is 16.7. The molecule has 4 aromatic rings. The van der Waals surface area contributed by atoms with Crippen LogP contribution in [0.25, 0.3) is 0 Å². The van der Waals surface area contributed by atoms with Gasteiger partial charge in [-0.3, -0.25) is 14.4 Å². The molecular weight excluding hydrogens is 620 g/mol. The first kappa shape index (κ1) is 29.6. The summed E-state index contributed by atoms with van der Waals surface area (Å²) in [7, 11) is 4.53. The third-order valence-corrected chi connectivity index (χ3v) is 9.56. The molecule has 4 atom stereocenters. The minimum Gasteiger partial charge on any atom is -0.493 e. The van der Waals surface area contributed by atoms with E-state index in [1.54, 1.807) is 48.5 Å². The molecule has 0 saturated carbocycles. The van der Waals surface area contributed by atoms with Crippen LogP contribution in [0.2, 0.25) is 0 Å². The summed E-state index contributed by atoms with van der Waals surface area (Å²) in [5, 5.41) is 0. The summed E-state index contributed by atoms with van der Waals surface area (Å²) in [5.41, 5.74) is 3.01. The first-order valence-electron chi connectivity index (χ1n) is 15.3. The van der Waals surface area contributed by atoms with E-state index in [2.05, 4.69) is 0 Å². The van der Waals surface area contributed by atoms with E-state index in [1.807, 2.05) is 0 Å². The Hall–Kier alpha value is -5.84. The number of benzene rings is 4. The smallest absolute Gasteiger partial charge is 0.338 e. The van der Waals surface area contributed by atoms with Crippen LogP contribution in [0.4, 0.5) is 0 Å². The van der Waals surface area contributed by atoms with Crippen molar-refractivity contribution in [3.63, 3.8) is 0 Å². The number of carbonyl (C=O) groups excluding carboxylic acids is 4. The van der Waals surface area contributed by atoms with Crippen molar-refractivity contribution in [2.75, 3.05) is 34.7 Å². The van der Waals surface area contributed by atoms with Crippen molar-refractivity contribution >= 4 is 23.5 Å². The lowest BCUT2D eigenvalue weighted by atomic mass is 9.66. The van der Waals surface area contributed by atoms with Crippen LogP contribution < -0.4 is 23.7 Å². The van der Waals surface area contributed by atoms with Gasteiger partial charge in [-0.1, -0.05) is 24.3 Å². The van der Waals surface area contributed by atoms with Crippen LogP contribution in [0.5, 0.6) is 28.7 Å². The highest BCUT2D eigenvalue weighted by Crippen LogP contribution is 2.56. The monoisotopic (exact) mass is 648 g/mol. The van der Waals surface area contributed by atoms with E-state index in [0.717, 1.165) is 0 Å². The molecule has 1 saturated heterocycles. The lowest BCUT2D eigenvalue weighted by molar-refractivity contribution is -0.141. The van der Waals surface area contributed by atoms with Gasteiger partial charge in [0, 0.05) is 39.7 Å². The lowest BCUT2D eigenvalue weighted by Crippen LogP contribution is -2.36. The molecule has 0 amide bonds. The molecule has 11 heteroatoms. The van der Waals surface area contributed by atoms with Crippen molar-refractivity contribution < 1.29 is 52.3 Å². The molecule has 2 heterocycles. The Labute approximate surface area is 274 Å². The van der Waals surface area contributed by atoms with Gasteiger partial charge in [-0.2, -0.15) is 0 Å². The van der Waals surface area contributed by atoms with Gasteiger partial charge in [-0.05, 0) is 53.6 Å². The lowest BCUT2D eigenvalue weighted by Gasteiger charge is -2.38. The molecule has 4 aromatic carbocycles. The van der Waals surface area contributed by atoms with E-state index in [4.69, 9.17) is 33.2 Å². The Morgan fingerprint density at radius 2 is 1.33 bits per heavy atom. The zero-order chi connectivity index (χ0) is 33.3. The van der Waals surface area contributed by atoms with Crippen molar-refractivity contribution in [3.05, 3.63) is 111 Å². The standard InChI is InChI=1S/C37H28O11/c1-42-28-11-18(12-29(43-2)35(28)44-3)30-22-13-26-27(47-16-46-26)14-24(22)34(25-15-45-37(41)31(25)30)48-36(40)17-8-9-21-23(10-17)33(39)20-7-5-4-6-19(20)32(21)38/h4-14,25,30-31,34H,15-16H2,1-3H3/t25?,30-,31+,34+/m1/s1. The summed E-state index contributed by atoms with van der Waals surface area (Å²) in [6.07, 6.45) is -0.925. The summed E-state index contributed by atoms with van der Waals surface area (Å²) >= 11 is 0. The molecule has 0 radical (unpaired) electrons. The molecule has 8 rings (SSSR count). The van der Waals surface area contributed by atoms with Crippen LogP contribution in [-0.4, -0.2) is 58.2 Å². The van der Waals surface area contributed by atoms with Crippen molar-refractivity contribution in [1.82, 2.24) is 0 Å². The van der Waals surface area contributed by atoms with Crippen LogP contribution in [0.1, 0.15) is 70.9 Å². The highest BCUT2D eigenvalue weighted by Gasteiger charge is 2.54. The average Bonchev–Trinajstić information content (AvgIpc) is 3.74. The maximum atomic E-state index is 13.9. The Kier molecular flexibility index (Phi) is 6.87. The van der Waals surface area contributed by atoms with Gasteiger partial charge in [-0.25, -0.2) is 4.79 Å². The van der Waals surface area contributed by atoms with E-state index in [9.17, 15) is 19.2 Å². The number of methoxy groups -OCH3 is 3. The SMILES string of the molecule is COc1cc([C@@H]2c3cc4c(cc3[C@H](OC(=O)c3ccc5c(c3)C(=O)c3ccccc3C5=O)C3COC(=O)[C@@H]32)OCO4)cc(OC)c1OC. The topological polar surface area (TPSA) is 133 Å². The second kappa shape index (κ2) is 11.2. The van der Waals surface area contributed by atoms with E-state index in [-0.39, 0.29) is 47.2 Å². The third-order valence-electron chi connectivity index (χ3n) is 9.56. The number of rotatable bonds is 6. The van der Waals surface area contributed by atoms with Gasteiger partial charge < -0.3 is 33.2 Å². The van der Waals surface area contributed by atoms with Crippen molar-refractivity contribution in [2.24, 2.45) is 11.8 Å². The number of cyclic esters (lactones) is 1. The molecule has 0 N–H and O–H groups in total. The normalized spacial score (nSPS) is 21.4. The van der Waals surface area contributed by atoms with Gasteiger partial charge >= 0.3 is 11.9 Å². The fourth-order valence-electron chi connectivity index (χ4n) is 7.35. The number of fused-ring (bicyclic) bond motifs is 5. The number of esters is 2. The van der Waals surface area contributed by atoms with Gasteiger partial charge in [0.15, 0.2) is 34.6 Å². The molecule has 11 nitrogen and oxygen atoms in total. The first-order valence-corrected chi connectivity index (χ1v) is 15.3. The van der Waals surface area contributed by atoms with Gasteiger partial charge in [0.25, 0.3) is 0 Å². The van der Waals surface area contributed by atoms with Crippen LogP contribution in [0, 0.1) is 11.8 Å². The molecule has 1 unspecified atom stereocenters. The first-order chi connectivity index (χ1) is 23.3. The maximum absolute atomic E-state index is 13.9. The highest BCUT2D eigenvalue weighted by molar-refractivity contribution is 6.28. The van der Waals surface area contributed by atoms with E-state index in [0.29, 0.717) is 51.0 Å². The van der Waals surface area contributed by atoms with Crippen LogP contribution in [-0.2, 0) is 14.3 Å². The van der Waals surface area contributed by atoms with Gasteiger partial charge in [0.05, 0.1) is 39.4 Å². The second-order valence-corrected chi connectivity index (χ2v) is 11.9. The zero-order valence-electron chi connectivity index (χ0n) is 26.1. The number of carbonyl (C=O) groups is 4. The van der Waals surface area contributed by atoms with E-state index >= 15 is 0 Å². The molecule has 242 valence electrons. The molecule has 2 aliphatic heterocycles. The fourth-order valence-corrected chi connectivity index (χ4v) is 7.35. The Bertz CT molecular complexity index is 2040. The molecule has 0 aromatic heterocycles. The van der Waals surface area contributed by atoms with Gasteiger partial charge in [0.1, 0.15) is 6.10 Å². The van der Waals surface area contributed by atoms with E-state index < -0.39 is 35.8 Å². The van der Waals surface area contributed by atoms with Crippen LogP contribution >= 0.6 is 0 Å². The summed E-state index contributed by atoms with van der Waals surface area (Å²) in [5.74, 6) is -1.53. The molecule has 0 spiro atoms. The number of ketones is 2. The molecule has 48 heavy (non-hydrogen) atoms. The number of hydrogen-bond acceptors (Lipinski definition) is 11. The minimum atomic E-state index is -0.925. The van der Waals surface area contributed by atoms with Crippen LogP contribution in [0.15, 0.2) is 66.7 Å². The third kappa shape index (κ3) is 4.34. The van der Waals surface area contributed by atoms with Gasteiger partial charge in [0.2, 0.25) is 12.5 Å². The number of ether oxygens (including phenoxy) is 7. The van der Waals surface area contributed by atoms with Crippen molar-refractivity contribution in [3.8, 4) is 28.7 Å². The van der Waals surface area contributed by atoms with E-state index in [1.165, 1.54) is 39.5 Å². The number of hydrogen-bond donors (Lipinski definition) is 0. The maximum Gasteiger partial charge on any atom is 0.338 e. The fraction of sp³-hybridized carbons (Fsp3) is 0.243. The molecule has 0 bridgehead atoms. The van der Waals surface area contributed by atoms with Crippen molar-refractivity contribution in [1.29, 1.82) is 0 Å². The van der Waals surface area contributed by atoms with Gasteiger partial charge in [-0.15, -0.1) is 0 Å². The Morgan fingerprint density at radius 3 is 1.98 bits per heavy atom. The quantitative estimate of drug-likeness (QED) is 0.229. The van der Waals surface area contributed by atoms with Crippen LogP contribution in [0.3, 0.4) is 0 Å². The Balaban J connectivity index is 1.22. The summed E-state index contributed by atoms with van der Waals surface area (Å²) in [6, 6.07) is 18.1. The second-order valence-electron chi connectivity index (χ2n) is 11.9. The molecule has 4 aliphatic rings. The predicted octanol–water partition coefficient (Wildman–Crippen LogP) is 5.05. The summed E-state index contributed by atoms with van der Waals surface area (Å²) in [6.45, 7) is 0.0155. The van der Waals surface area contributed by atoms with Crippen molar-refractivity contribution in [2.45, 2.75) is 12.0 Å². The largest absolute Gasteiger partial charge is 0.493 e. The predicted molar refractivity (Wildman–Crippen MR) is 166 cm³/mol. The summed E-state index contributed by atoms with van der Waals surface area (Å²) < 4.78 is 40.1. The Morgan fingerprint density at radius 1 is 0.708 bits per heavy atom. The molecule has 1 fully saturated rings.